The molecule has 0 saturated carbocycles. The van der Waals surface area contributed by atoms with Crippen molar-refractivity contribution < 1.29 is 27.5 Å². The topological polar surface area (TPSA) is 70.7 Å². The number of nitrogens with zero attached hydrogens (tertiary/aromatic N) is 1. The molecule has 0 fully saturated rings. The van der Waals surface area contributed by atoms with Crippen LogP contribution in [0, 0.1) is 5.92 Å². The Bertz CT molecular complexity index is 999. The number of benzene rings is 2. The minimum absolute atomic E-state index is 0.149. The fraction of sp³-hybridized carbons (Fsp3) is 0.417. The third kappa shape index (κ3) is 7.28. The van der Waals surface area contributed by atoms with Gasteiger partial charge in [-0.25, -0.2) is 0 Å². The lowest BCUT2D eigenvalue weighted by molar-refractivity contribution is -0.137. The van der Waals surface area contributed by atoms with Gasteiger partial charge in [0, 0.05) is 6.54 Å². The first kappa shape index (κ1) is 27.3. The molecule has 34 heavy (non-hydrogen) atoms. The Morgan fingerprint density at radius 2 is 1.79 bits per heavy atom. The molecule has 1 atom stereocenters. The van der Waals surface area contributed by atoms with Crippen molar-refractivity contribution in [2.24, 2.45) is 5.92 Å². The van der Waals surface area contributed by atoms with Crippen LogP contribution in [0.5, 0.6) is 5.75 Å². The molecule has 0 radical (unpaired) electrons. The zero-order valence-electron chi connectivity index (χ0n) is 19.5. The molecular weight excluding hydrogens is 471 g/mol. The summed E-state index contributed by atoms with van der Waals surface area (Å²) in [6, 6.07) is 9.03. The van der Waals surface area contributed by atoms with Gasteiger partial charge >= 0.3 is 6.18 Å². The maximum absolute atomic E-state index is 13.4. The number of nitrogens with one attached hydrogen (secondary N) is 2. The Kier molecular flexibility index (Phi) is 9.61. The average molecular weight is 500 g/mol. The number of halogens is 4. The maximum atomic E-state index is 13.4. The normalized spacial score (nSPS) is 12.3. The van der Waals surface area contributed by atoms with Crippen molar-refractivity contribution in [1.29, 1.82) is 0 Å². The number of amides is 2. The van der Waals surface area contributed by atoms with Crippen molar-refractivity contribution in [2.45, 2.75) is 39.4 Å². The van der Waals surface area contributed by atoms with Crippen LogP contribution < -0.4 is 15.4 Å². The standard InChI is InChI=1S/C24H29ClF3N3O3/c1-5-12-31(14-21(32)29-19-8-6-7-9-20(19)34-4)23(33)22(15(2)3)30-18-11-10-16(13-17(18)25)24(26,27)28/h6-11,13,15,22,30H,5,12,14H2,1-4H3,(H,29,32)/t22-/m0/s1. The highest BCUT2D eigenvalue weighted by atomic mass is 35.5. The summed E-state index contributed by atoms with van der Waals surface area (Å²) < 4.78 is 44.1. The van der Waals surface area contributed by atoms with Crippen LogP contribution in [0.4, 0.5) is 24.5 Å². The Labute approximate surface area is 202 Å². The number of hydrogen-bond donors (Lipinski definition) is 2. The average Bonchev–Trinajstić information content (AvgIpc) is 2.77. The van der Waals surface area contributed by atoms with Crippen LogP contribution in [0.1, 0.15) is 32.8 Å². The number of ether oxygens (including phenoxy) is 1. The van der Waals surface area contributed by atoms with E-state index in [4.69, 9.17) is 16.3 Å². The van der Waals surface area contributed by atoms with E-state index in [1.807, 2.05) is 6.92 Å². The molecule has 2 rings (SSSR count). The minimum Gasteiger partial charge on any atom is -0.495 e. The van der Waals surface area contributed by atoms with Crippen LogP contribution in [-0.2, 0) is 15.8 Å². The van der Waals surface area contributed by atoms with E-state index in [0.717, 1.165) is 12.1 Å². The quantitative estimate of drug-likeness (QED) is 0.441. The monoisotopic (exact) mass is 499 g/mol. The Balaban J connectivity index is 2.19. The highest BCUT2D eigenvalue weighted by molar-refractivity contribution is 6.33. The number of para-hydroxylation sites is 2. The van der Waals surface area contributed by atoms with Crippen LogP contribution in [0.2, 0.25) is 5.02 Å². The maximum Gasteiger partial charge on any atom is 0.416 e. The molecule has 0 unspecified atom stereocenters. The first-order chi connectivity index (χ1) is 16.0. The molecule has 2 amide bonds. The molecule has 2 aromatic carbocycles. The second-order valence-corrected chi connectivity index (χ2v) is 8.47. The molecule has 0 heterocycles. The smallest absolute Gasteiger partial charge is 0.416 e. The van der Waals surface area contributed by atoms with Crippen molar-refractivity contribution >= 4 is 34.8 Å². The summed E-state index contributed by atoms with van der Waals surface area (Å²) >= 11 is 6.07. The molecule has 0 aromatic heterocycles. The van der Waals surface area contributed by atoms with Crippen LogP contribution in [0.25, 0.3) is 0 Å². The van der Waals surface area contributed by atoms with E-state index >= 15 is 0 Å². The van der Waals surface area contributed by atoms with E-state index in [2.05, 4.69) is 10.6 Å². The van der Waals surface area contributed by atoms with E-state index in [-0.39, 0.29) is 29.1 Å². The van der Waals surface area contributed by atoms with Gasteiger partial charge in [0.05, 0.1) is 35.6 Å². The molecule has 10 heteroatoms. The molecular formula is C24H29ClF3N3O3. The van der Waals surface area contributed by atoms with Crippen LogP contribution >= 0.6 is 11.6 Å². The summed E-state index contributed by atoms with van der Waals surface area (Å²) in [7, 11) is 1.49. The lowest BCUT2D eigenvalue weighted by Gasteiger charge is -2.30. The second kappa shape index (κ2) is 12.0. The van der Waals surface area contributed by atoms with E-state index in [1.165, 1.54) is 18.1 Å². The summed E-state index contributed by atoms with van der Waals surface area (Å²) in [4.78, 5) is 27.5. The van der Waals surface area contributed by atoms with E-state index in [9.17, 15) is 22.8 Å². The van der Waals surface area contributed by atoms with Crippen LogP contribution in [0.15, 0.2) is 42.5 Å². The molecule has 186 valence electrons. The van der Waals surface area contributed by atoms with E-state index in [1.54, 1.807) is 38.1 Å². The highest BCUT2D eigenvalue weighted by Crippen LogP contribution is 2.34. The predicted molar refractivity (Wildman–Crippen MR) is 127 cm³/mol. The summed E-state index contributed by atoms with van der Waals surface area (Å²) in [5.74, 6) is -0.505. The number of carbonyl (C=O) groups is 2. The number of methoxy groups -OCH3 is 1. The van der Waals surface area contributed by atoms with Gasteiger partial charge in [-0.15, -0.1) is 0 Å². The van der Waals surface area contributed by atoms with Crippen LogP contribution in [-0.4, -0.2) is 43.0 Å². The number of alkyl halides is 3. The van der Waals surface area contributed by atoms with Crippen molar-refractivity contribution in [1.82, 2.24) is 4.90 Å². The Hall–Kier alpha value is -2.94. The zero-order chi connectivity index (χ0) is 25.5. The lowest BCUT2D eigenvalue weighted by atomic mass is 10.0. The third-order valence-corrected chi connectivity index (χ3v) is 5.37. The van der Waals surface area contributed by atoms with Crippen molar-refractivity contribution in [3.63, 3.8) is 0 Å². The summed E-state index contributed by atoms with van der Waals surface area (Å²) in [6.45, 7) is 5.60. The fourth-order valence-corrected chi connectivity index (χ4v) is 3.57. The minimum atomic E-state index is -4.53. The van der Waals surface area contributed by atoms with Gasteiger partial charge in [0.1, 0.15) is 11.8 Å². The van der Waals surface area contributed by atoms with Gasteiger partial charge < -0.3 is 20.3 Å². The Morgan fingerprint density at radius 1 is 1.12 bits per heavy atom. The van der Waals surface area contributed by atoms with E-state index in [0.29, 0.717) is 24.4 Å². The first-order valence-corrected chi connectivity index (χ1v) is 11.2. The number of hydrogen-bond acceptors (Lipinski definition) is 4. The van der Waals surface area contributed by atoms with Gasteiger partial charge in [-0.05, 0) is 42.7 Å². The van der Waals surface area contributed by atoms with Crippen molar-refractivity contribution in [3.05, 3.63) is 53.1 Å². The molecule has 0 bridgehead atoms. The molecule has 0 aliphatic rings. The number of anilines is 2. The van der Waals surface area contributed by atoms with Crippen LogP contribution in [0.3, 0.4) is 0 Å². The third-order valence-electron chi connectivity index (χ3n) is 5.06. The summed E-state index contributed by atoms with van der Waals surface area (Å²) in [5.41, 5.74) is -0.193. The molecule has 2 N–H and O–H groups in total. The van der Waals surface area contributed by atoms with Gasteiger partial charge in [-0.3, -0.25) is 9.59 Å². The SMILES string of the molecule is CCCN(CC(=O)Nc1ccccc1OC)C(=O)[C@@H](Nc1ccc(C(F)(F)F)cc1Cl)C(C)C. The molecule has 2 aromatic rings. The van der Waals surface area contributed by atoms with Crippen molar-refractivity contribution in [3.8, 4) is 5.75 Å². The largest absolute Gasteiger partial charge is 0.495 e. The zero-order valence-corrected chi connectivity index (χ0v) is 20.3. The fourth-order valence-electron chi connectivity index (χ4n) is 3.33. The molecule has 0 aliphatic heterocycles. The van der Waals surface area contributed by atoms with E-state index < -0.39 is 23.7 Å². The van der Waals surface area contributed by atoms with Gasteiger partial charge in [-0.1, -0.05) is 44.5 Å². The van der Waals surface area contributed by atoms with Gasteiger partial charge in [-0.2, -0.15) is 13.2 Å². The summed E-state index contributed by atoms with van der Waals surface area (Å²) in [5, 5.41) is 5.56. The number of rotatable bonds is 10. The highest BCUT2D eigenvalue weighted by Gasteiger charge is 2.32. The Morgan fingerprint density at radius 3 is 2.35 bits per heavy atom. The molecule has 6 nitrogen and oxygen atoms in total. The first-order valence-electron chi connectivity index (χ1n) is 10.8. The second-order valence-electron chi connectivity index (χ2n) is 8.07. The van der Waals surface area contributed by atoms with Gasteiger partial charge in [0.25, 0.3) is 0 Å². The van der Waals surface area contributed by atoms with Gasteiger partial charge in [0.2, 0.25) is 11.8 Å². The van der Waals surface area contributed by atoms with Gasteiger partial charge in [0.15, 0.2) is 0 Å². The predicted octanol–water partition coefficient (Wildman–Crippen LogP) is 5.68. The summed E-state index contributed by atoms with van der Waals surface area (Å²) in [6.07, 6.45) is -3.91. The molecule has 0 spiro atoms. The molecule has 0 aliphatic carbocycles. The number of carbonyl (C=O) groups excluding carboxylic acids is 2. The van der Waals surface area contributed by atoms with Crippen molar-refractivity contribution in [2.75, 3.05) is 30.8 Å². The molecule has 0 saturated heterocycles. The lowest BCUT2D eigenvalue weighted by Crippen LogP contribution is -2.48.